The summed E-state index contributed by atoms with van der Waals surface area (Å²) in [5.74, 6) is -0.258. The second-order valence-corrected chi connectivity index (χ2v) is 5.60. The van der Waals surface area contributed by atoms with Crippen molar-refractivity contribution < 1.29 is 9.72 Å². The molecule has 2 aromatic heterocycles. The molecule has 7 heteroatoms. The lowest BCUT2D eigenvalue weighted by Crippen LogP contribution is -2.20. The van der Waals surface area contributed by atoms with Gasteiger partial charge in [-0.2, -0.15) is 0 Å². The molecule has 0 fully saturated rings. The number of nitrogens with one attached hydrogen (secondary N) is 1. The molecule has 126 valence electrons. The largest absolute Gasteiger partial charge is 0.347 e. The van der Waals surface area contributed by atoms with Gasteiger partial charge in [-0.05, 0) is 42.3 Å². The molecule has 1 amide bonds. The number of carbonyl (C=O) groups excluding carboxylic acids is 1. The molecule has 0 radical (unpaired) electrons. The highest BCUT2D eigenvalue weighted by molar-refractivity contribution is 5.91. The van der Waals surface area contributed by atoms with Gasteiger partial charge in [0.25, 0.3) is 5.69 Å². The van der Waals surface area contributed by atoms with Crippen LogP contribution in [0, 0.1) is 17.0 Å². The Hall–Kier alpha value is -3.48. The first-order chi connectivity index (χ1) is 12.0. The molecule has 7 nitrogen and oxygen atoms in total. The normalized spacial score (nSPS) is 11.1. The van der Waals surface area contributed by atoms with Gasteiger partial charge < -0.3 is 9.72 Å². The molecular formula is C18H16N4O3. The fourth-order valence-electron chi connectivity index (χ4n) is 2.36. The van der Waals surface area contributed by atoms with Crippen LogP contribution in [-0.4, -0.2) is 20.2 Å². The molecule has 25 heavy (non-hydrogen) atoms. The van der Waals surface area contributed by atoms with Crippen LogP contribution >= 0.6 is 0 Å². The minimum atomic E-state index is -0.462. The van der Waals surface area contributed by atoms with Crippen molar-refractivity contribution in [2.24, 2.45) is 0 Å². The van der Waals surface area contributed by atoms with E-state index in [1.165, 1.54) is 18.2 Å². The van der Waals surface area contributed by atoms with Crippen LogP contribution in [0.2, 0.25) is 0 Å². The minimum Gasteiger partial charge on any atom is -0.347 e. The number of amides is 1. The summed E-state index contributed by atoms with van der Waals surface area (Å²) in [4.78, 5) is 26.5. The van der Waals surface area contributed by atoms with Gasteiger partial charge in [0.15, 0.2) is 0 Å². The number of carbonyl (C=O) groups is 1. The number of nitro benzene ring substituents is 1. The van der Waals surface area contributed by atoms with Crippen molar-refractivity contribution in [1.29, 1.82) is 0 Å². The quantitative estimate of drug-likeness (QED) is 0.441. The first-order valence-electron chi connectivity index (χ1n) is 7.66. The number of pyridine rings is 1. The third kappa shape index (κ3) is 4.08. The number of nitro groups is 1. The van der Waals surface area contributed by atoms with Crippen LogP contribution in [0.5, 0.6) is 0 Å². The topological polar surface area (TPSA) is 89.5 Å². The van der Waals surface area contributed by atoms with Crippen LogP contribution < -0.4 is 5.32 Å². The van der Waals surface area contributed by atoms with Gasteiger partial charge in [0.1, 0.15) is 5.65 Å². The van der Waals surface area contributed by atoms with Gasteiger partial charge in [0.2, 0.25) is 5.91 Å². The van der Waals surface area contributed by atoms with Crippen LogP contribution in [0.1, 0.15) is 16.8 Å². The Morgan fingerprint density at radius 1 is 1.24 bits per heavy atom. The maximum atomic E-state index is 11.9. The highest BCUT2D eigenvalue weighted by Crippen LogP contribution is 2.12. The molecule has 0 bridgehead atoms. The Labute approximate surface area is 143 Å². The third-order valence-corrected chi connectivity index (χ3v) is 3.62. The summed E-state index contributed by atoms with van der Waals surface area (Å²) >= 11 is 0. The molecular weight excluding hydrogens is 320 g/mol. The van der Waals surface area contributed by atoms with Gasteiger partial charge in [-0.25, -0.2) is 4.98 Å². The molecule has 1 aromatic carbocycles. The fourth-order valence-corrected chi connectivity index (χ4v) is 2.36. The number of hydrogen-bond donors (Lipinski definition) is 1. The van der Waals surface area contributed by atoms with Crippen LogP contribution in [0.25, 0.3) is 11.7 Å². The second kappa shape index (κ2) is 6.96. The van der Waals surface area contributed by atoms with Crippen molar-refractivity contribution in [2.45, 2.75) is 13.5 Å². The summed E-state index contributed by atoms with van der Waals surface area (Å²) in [7, 11) is 0. The van der Waals surface area contributed by atoms with E-state index in [9.17, 15) is 14.9 Å². The number of rotatable bonds is 5. The summed E-state index contributed by atoms with van der Waals surface area (Å²) in [5.41, 5.74) is 3.46. The second-order valence-electron chi connectivity index (χ2n) is 5.60. The Morgan fingerprint density at radius 3 is 2.72 bits per heavy atom. The molecule has 2 heterocycles. The summed E-state index contributed by atoms with van der Waals surface area (Å²) < 4.78 is 1.92. The molecule has 3 aromatic rings. The van der Waals surface area contributed by atoms with Gasteiger partial charge >= 0.3 is 0 Å². The van der Waals surface area contributed by atoms with E-state index in [1.807, 2.05) is 35.9 Å². The summed E-state index contributed by atoms with van der Waals surface area (Å²) in [6.07, 6.45) is 6.85. The first-order valence-corrected chi connectivity index (χ1v) is 7.66. The predicted molar refractivity (Wildman–Crippen MR) is 93.9 cm³/mol. The maximum Gasteiger partial charge on any atom is 0.269 e. The third-order valence-electron chi connectivity index (χ3n) is 3.62. The molecule has 0 saturated heterocycles. The van der Waals surface area contributed by atoms with E-state index < -0.39 is 4.92 Å². The van der Waals surface area contributed by atoms with E-state index in [1.54, 1.807) is 18.2 Å². The monoisotopic (exact) mass is 336 g/mol. The maximum absolute atomic E-state index is 11.9. The lowest BCUT2D eigenvalue weighted by Gasteiger charge is -1.98. The van der Waals surface area contributed by atoms with E-state index >= 15 is 0 Å². The summed E-state index contributed by atoms with van der Waals surface area (Å²) in [6.45, 7) is 2.33. The zero-order valence-corrected chi connectivity index (χ0v) is 13.5. The van der Waals surface area contributed by atoms with Crippen LogP contribution in [0.15, 0.2) is 54.9 Å². The Morgan fingerprint density at radius 2 is 2.00 bits per heavy atom. The number of benzene rings is 1. The van der Waals surface area contributed by atoms with Gasteiger partial charge in [-0.15, -0.1) is 0 Å². The van der Waals surface area contributed by atoms with Gasteiger partial charge in [0.05, 0.1) is 17.2 Å². The van der Waals surface area contributed by atoms with Crippen LogP contribution in [0.4, 0.5) is 5.69 Å². The Balaban J connectivity index is 1.58. The fraction of sp³-hybridized carbons (Fsp3) is 0.111. The highest BCUT2D eigenvalue weighted by atomic mass is 16.6. The standard InChI is InChI=1S/C18H16N4O3/c1-13-2-8-17-20-15(12-21(17)11-13)10-19-18(23)9-5-14-3-6-16(7-4-14)22(24)25/h2-9,11-12H,10H2,1H3,(H,19,23)/b9-5+. The number of hydrogen-bond acceptors (Lipinski definition) is 4. The lowest BCUT2D eigenvalue weighted by atomic mass is 10.2. The Bertz CT molecular complexity index is 958. The zero-order chi connectivity index (χ0) is 17.8. The van der Waals surface area contributed by atoms with E-state index in [0.29, 0.717) is 12.1 Å². The Kier molecular flexibility index (Phi) is 4.56. The van der Waals surface area contributed by atoms with Crippen LogP contribution in [0.3, 0.4) is 0 Å². The molecule has 3 rings (SSSR count). The molecule has 0 saturated carbocycles. The molecule has 0 unspecified atom stereocenters. The van der Waals surface area contributed by atoms with Crippen molar-refractivity contribution in [3.63, 3.8) is 0 Å². The molecule has 0 aliphatic carbocycles. The number of aromatic nitrogens is 2. The molecule has 0 aliphatic rings. The summed E-state index contributed by atoms with van der Waals surface area (Å²) in [5, 5.41) is 13.4. The van der Waals surface area contributed by atoms with Crippen molar-refractivity contribution in [2.75, 3.05) is 0 Å². The van der Waals surface area contributed by atoms with Crippen LogP contribution in [-0.2, 0) is 11.3 Å². The first kappa shape index (κ1) is 16.4. The molecule has 0 aliphatic heterocycles. The van der Waals surface area contributed by atoms with Crippen molar-refractivity contribution in [3.8, 4) is 0 Å². The average molecular weight is 336 g/mol. The van der Waals surface area contributed by atoms with E-state index in [2.05, 4.69) is 10.3 Å². The van der Waals surface area contributed by atoms with Crippen molar-refractivity contribution >= 4 is 23.3 Å². The van der Waals surface area contributed by atoms with Gasteiger partial charge in [-0.3, -0.25) is 14.9 Å². The lowest BCUT2D eigenvalue weighted by molar-refractivity contribution is -0.384. The van der Waals surface area contributed by atoms with E-state index in [4.69, 9.17) is 0 Å². The number of non-ortho nitro benzene ring substituents is 1. The van der Waals surface area contributed by atoms with Crippen molar-refractivity contribution in [3.05, 3.63) is 81.8 Å². The SMILES string of the molecule is Cc1ccc2nc(CNC(=O)/C=C/c3ccc([N+](=O)[O-])cc3)cn2c1. The van der Waals surface area contributed by atoms with Crippen molar-refractivity contribution in [1.82, 2.24) is 14.7 Å². The molecule has 1 N–H and O–H groups in total. The predicted octanol–water partition coefficient (Wildman–Crippen LogP) is 2.88. The van der Waals surface area contributed by atoms with E-state index in [-0.39, 0.29) is 11.6 Å². The smallest absolute Gasteiger partial charge is 0.269 e. The number of nitrogens with zero attached hydrogens (tertiary/aromatic N) is 3. The minimum absolute atomic E-state index is 0.0173. The number of aryl methyl sites for hydroxylation is 1. The number of fused-ring (bicyclic) bond motifs is 1. The molecule has 0 atom stereocenters. The van der Waals surface area contributed by atoms with Gasteiger partial charge in [0, 0.05) is 30.6 Å². The highest BCUT2D eigenvalue weighted by Gasteiger charge is 2.04. The summed E-state index contributed by atoms with van der Waals surface area (Å²) in [6, 6.07) is 9.89. The average Bonchev–Trinajstić information content (AvgIpc) is 3.00. The van der Waals surface area contributed by atoms with E-state index in [0.717, 1.165) is 16.9 Å². The molecule has 0 spiro atoms. The zero-order valence-electron chi connectivity index (χ0n) is 13.5. The number of imidazole rings is 1. The van der Waals surface area contributed by atoms with Gasteiger partial charge in [-0.1, -0.05) is 6.07 Å².